The number of hydrogen-bond donors (Lipinski definition) is 2. The van der Waals surface area contributed by atoms with Gasteiger partial charge in [0.1, 0.15) is 0 Å². The first-order chi connectivity index (χ1) is 6.70. The zero-order chi connectivity index (χ0) is 10.4. The van der Waals surface area contributed by atoms with Crippen LogP contribution in [0.4, 0.5) is 0 Å². The molecule has 0 aromatic heterocycles. The molecule has 1 saturated heterocycles. The quantitative estimate of drug-likeness (QED) is 0.402. The highest BCUT2D eigenvalue weighted by molar-refractivity contribution is 5.76. The van der Waals surface area contributed by atoms with E-state index in [1.165, 1.54) is 38.8 Å². The van der Waals surface area contributed by atoms with Crippen LogP contribution in [-0.4, -0.2) is 29.9 Å². The fourth-order valence-electron chi connectivity index (χ4n) is 2.12. The Labute approximate surface area is 87.2 Å². The van der Waals surface area contributed by atoms with E-state index in [0.717, 1.165) is 18.9 Å². The van der Waals surface area contributed by atoms with E-state index in [0.29, 0.717) is 5.84 Å². The molecule has 0 aliphatic carbocycles. The number of nitrogens with one attached hydrogen (secondary N) is 1. The van der Waals surface area contributed by atoms with E-state index >= 15 is 0 Å². The summed E-state index contributed by atoms with van der Waals surface area (Å²) in [6.45, 7) is 4.78. The molecule has 1 unspecified atom stereocenters. The van der Waals surface area contributed by atoms with Crippen LogP contribution in [0, 0.1) is 5.41 Å². The summed E-state index contributed by atoms with van der Waals surface area (Å²) >= 11 is 0. The topological polar surface area (TPSA) is 53.1 Å². The van der Waals surface area contributed by atoms with Crippen LogP contribution in [0.3, 0.4) is 0 Å². The van der Waals surface area contributed by atoms with Crippen molar-refractivity contribution in [2.45, 2.75) is 51.5 Å². The lowest BCUT2D eigenvalue weighted by Gasteiger charge is -2.33. The second-order valence-corrected chi connectivity index (χ2v) is 4.36. The van der Waals surface area contributed by atoms with Crippen molar-refractivity contribution in [3.63, 3.8) is 0 Å². The maximum Gasteiger partial charge on any atom is 0.0905 e. The van der Waals surface area contributed by atoms with Crippen LogP contribution in [-0.2, 0) is 0 Å². The highest BCUT2D eigenvalue weighted by Crippen LogP contribution is 2.16. The predicted octanol–water partition coefficient (Wildman–Crippen LogP) is 1.97. The third kappa shape index (κ3) is 4.09. The molecule has 0 radical (unpaired) electrons. The van der Waals surface area contributed by atoms with Gasteiger partial charge in [0, 0.05) is 12.5 Å². The molecule has 0 aromatic rings. The molecular weight excluding hydrogens is 174 g/mol. The number of likely N-dealkylation sites (tertiary alicyclic amines) is 1. The van der Waals surface area contributed by atoms with Crippen LogP contribution in [0.2, 0.25) is 0 Å². The molecule has 1 fully saturated rings. The molecule has 0 aromatic carbocycles. The molecule has 0 saturated carbocycles. The maximum absolute atomic E-state index is 7.12. The first kappa shape index (κ1) is 11.5. The van der Waals surface area contributed by atoms with E-state index in [1.54, 1.807) is 0 Å². The third-order valence-corrected chi connectivity index (χ3v) is 3.08. The number of nitrogens with zero attached hydrogens (tertiary/aromatic N) is 1. The highest BCUT2D eigenvalue weighted by Gasteiger charge is 2.16. The lowest BCUT2D eigenvalue weighted by molar-refractivity contribution is 0.158. The first-order valence-electron chi connectivity index (χ1n) is 5.77. The molecule has 14 heavy (non-hydrogen) atoms. The Hall–Kier alpha value is -0.570. The van der Waals surface area contributed by atoms with Gasteiger partial charge >= 0.3 is 0 Å². The largest absolute Gasteiger partial charge is 0.388 e. The van der Waals surface area contributed by atoms with Gasteiger partial charge in [-0.15, -0.1) is 0 Å². The average molecular weight is 197 g/mol. The van der Waals surface area contributed by atoms with Crippen molar-refractivity contribution in [1.29, 1.82) is 5.41 Å². The lowest BCUT2D eigenvalue weighted by Crippen LogP contribution is -2.38. The van der Waals surface area contributed by atoms with Gasteiger partial charge in [-0.1, -0.05) is 6.42 Å². The number of unbranched alkanes of at least 4 members (excludes halogenated alkanes) is 1. The predicted molar refractivity (Wildman–Crippen MR) is 60.7 cm³/mol. The van der Waals surface area contributed by atoms with Gasteiger partial charge in [-0.3, -0.25) is 5.41 Å². The normalized spacial score (nSPS) is 23.6. The molecule has 1 rings (SSSR count). The highest BCUT2D eigenvalue weighted by atomic mass is 15.1. The van der Waals surface area contributed by atoms with Gasteiger partial charge in [0.2, 0.25) is 0 Å². The minimum absolute atomic E-state index is 0.330. The number of piperidine rings is 1. The molecular formula is C11H23N3. The molecule has 0 bridgehead atoms. The summed E-state index contributed by atoms with van der Waals surface area (Å²) in [5, 5.41) is 7.12. The second-order valence-electron chi connectivity index (χ2n) is 4.36. The number of nitrogens with two attached hydrogens (primary N) is 1. The van der Waals surface area contributed by atoms with E-state index in [9.17, 15) is 0 Å². The fraction of sp³-hybridized carbons (Fsp3) is 0.909. The summed E-state index contributed by atoms with van der Waals surface area (Å²) in [4.78, 5) is 2.57. The van der Waals surface area contributed by atoms with Crippen LogP contribution in [0.1, 0.15) is 45.4 Å². The second kappa shape index (κ2) is 6.02. The van der Waals surface area contributed by atoms with Gasteiger partial charge in [-0.05, 0) is 45.7 Å². The molecule has 3 nitrogen and oxygen atoms in total. The van der Waals surface area contributed by atoms with Crippen LogP contribution in [0.5, 0.6) is 0 Å². The van der Waals surface area contributed by atoms with Crippen molar-refractivity contribution in [1.82, 2.24) is 4.90 Å². The third-order valence-electron chi connectivity index (χ3n) is 3.08. The van der Waals surface area contributed by atoms with Gasteiger partial charge in [-0.25, -0.2) is 0 Å². The van der Waals surface area contributed by atoms with Crippen molar-refractivity contribution >= 4 is 5.84 Å². The van der Waals surface area contributed by atoms with Crippen molar-refractivity contribution in [3.05, 3.63) is 0 Å². The summed E-state index contributed by atoms with van der Waals surface area (Å²) in [7, 11) is 0. The Morgan fingerprint density at radius 1 is 1.43 bits per heavy atom. The SMILES string of the molecule is CC1CCCCN1CCCCC(=N)N. The number of amidine groups is 1. The van der Waals surface area contributed by atoms with Crippen LogP contribution in [0.25, 0.3) is 0 Å². The minimum Gasteiger partial charge on any atom is -0.388 e. The summed E-state index contributed by atoms with van der Waals surface area (Å²) in [6, 6.07) is 0.765. The van der Waals surface area contributed by atoms with E-state index in [4.69, 9.17) is 11.1 Å². The van der Waals surface area contributed by atoms with E-state index in [-0.39, 0.29) is 0 Å². The zero-order valence-electron chi connectivity index (χ0n) is 9.26. The van der Waals surface area contributed by atoms with Crippen LogP contribution < -0.4 is 5.73 Å². The van der Waals surface area contributed by atoms with Crippen molar-refractivity contribution in [2.24, 2.45) is 5.73 Å². The Kier molecular flexibility index (Phi) is 4.94. The van der Waals surface area contributed by atoms with Crippen LogP contribution >= 0.6 is 0 Å². The van der Waals surface area contributed by atoms with Gasteiger partial charge < -0.3 is 10.6 Å². The van der Waals surface area contributed by atoms with Crippen molar-refractivity contribution < 1.29 is 0 Å². The molecule has 1 atom stereocenters. The number of rotatable bonds is 5. The summed E-state index contributed by atoms with van der Waals surface area (Å²) in [5.74, 6) is 0.330. The van der Waals surface area contributed by atoms with E-state index in [2.05, 4.69) is 11.8 Å². The monoisotopic (exact) mass is 197 g/mol. The Bertz CT molecular complexity index is 179. The molecule has 3 N–H and O–H groups in total. The van der Waals surface area contributed by atoms with Gasteiger partial charge in [-0.2, -0.15) is 0 Å². The van der Waals surface area contributed by atoms with Gasteiger partial charge in [0.25, 0.3) is 0 Å². The molecule has 1 heterocycles. The molecule has 1 aliphatic heterocycles. The summed E-state index contributed by atoms with van der Waals surface area (Å²) in [6.07, 6.45) is 7.12. The maximum atomic E-state index is 7.12. The summed E-state index contributed by atoms with van der Waals surface area (Å²) < 4.78 is 0. The smallest absolute Gasteiger partial charge is 0.0905 e. The van der Waals surface area contributed by atoms with Crippen LogP contribution in [0.15, 0.2) is 0 Å². The zero-order valence-corrected chi connectivity index (χ0v) is 9.26. The molecule has 1 aliphatic rings. The fourth-order valence-corrected chi connectivity index (χ4v) is 2.12. The lowest BCUT2D eigenvalue weighted by atomic mass is 10.0. The van der Waals surface area contributed by atoms with E-state index in [1.807, 2.05) is 0 Å². The molecule has 0 spiro atoms. The Balaban J connectivity index is 2.07. The molecule has 3 heteroatoms. The van der Waals surface area contributed by atoms with Gasteiger partial charge in [0.15, 0.2) is 0 Å². The standard InChI is InChI=1S/C11H23N3/c1-10-6-2-4-8-14(10)9-5-3-7-11(12)13/h10H,2-9H2,1H3,(H3,12,13). The van der Waals surface area contributed by atoms with Crippen molar-refractivity contribution in [2.75, 3.05) is 13.1 Å². The number of hydrogen-bond acceptors (Lipinski definition) is 2. The molecule has 0 amide bonds. The molecule has 82 valence electrons. The average Bonchev–Trinajstić information content (AvgIpc) is 2.15. The van der Waals surface area contributed by atoms with Gasteiger partial charge in [0.05, 0.1) is 5.84 Å². The minimum atomic E-state index is 0.330. The van der Waals surface area contributed by atoms with Crippen molar-refractivity contribution in [3.8, 4) is 0 Å². The Morgan fingerprint density at radius 3 is 2.86 bits per heavy atom. The summed E-state index contributed by atoms with van der Waals surface area (Å²) in [5.41, 5.74) is 5.31. The first-order valence-corrected chi connectivity index (χ1v) is 5.77. The Morgan fingerprint density at radius 2 is 2.21 bits per heavy atom. The van der Waals surface area contributed by atoms with E-state index < -0.39 is 0 Å².